The standard InChI is InChI=1S/C24H26N2O7S2/c1-15(14-30-2)32-19-9-16(10-20(12-19)33-18-6-4-5-17(11-18)31-3)23(29)26-24-25-13-22(35-24)34-8-7-21(27)28/h4-6,9-13,15H,7-8,14H2,1-3H3,(H,27,28)(H,25,26,29)/t15-/m0/s1. The number of nitrogens with zero attached hydrogens (tertiary/aromatic N) is 1. The van der Waals surface area contributed by atoms with Gasteiger partial charge in [0.2, 0.25) is 0 Å². The number of rotatable bonds is 13. The van der Waals surface area contributed by atoms with Crippen LogP contribution < -0.4 is 19.5 Å². The number of amides is 1. The fourth-order valence-corrected chi connectivity index (χ4v) is 4.80. The lowest BCUT2D eigenvalue weighted by atomic mass is 10.2. The Labute approximate surface area is 211 Å². The third-order valence-corrected chi connectivity index (χ3v) is 6.53. The molecule has 0 spiro atoms. The van der Waals surface area contributed by atoms with E-state index in [1.807, 2.05) is 6.92 Å². The largest absolute Gasteiger partial charge is 0.497 e. The van der Waals surface area contributed by atoms with Gasteiger partial charge >= 0.3 is 5.97 Å². The fraction of sp³-hybridized carbons (Fsp3) is 0.292. The van der Waals surface area contributed by atoms with Crippen molar-refractivity contribution in [1.82, 2.24) is 4.98 Å². The van der Waals surface area contributed by atoms with Gasteiger partial charge in [-0.1, -0.05) is 17.4 Å². The monoisotopic (exact) mass is 518 g/mol. The number of thiazole rings is 1. The third-order valence-electron chi connectivity index (χ3n) is 4.42. The second-order valence-corrected chi connectivity index (χ2v) is 9.71. The van der Waals surface area contributed by atoms with Gasteiger partial charge in [-0.25, -0.2) is 4.98 Å². The van der Waals surface area contributed by atoms with E-state index in [0.29, 0.717) is 46.1 Å². The summed E-state index contributed by atoms with van der Waals surface area (Å²) in [6, 6.07) is 12.1. The molecule has 9 nitrogen and oxygen atoms in total. The van der Waals surface area contributed by atoms with E-state index in [-0.39, 0.29) is 18.4 Å². The first-order valence-electron chi connectivity index (χ1n) is 10.6. The predicted molar refractivity (Wildman–Crippen MR) is 135 cm³/mol. The van der Waals surface area contributed by atoms with Crippen LogP contribution >= 0.6 is 23.1 Å². The zero-order chi connectivity index (χ0) is 25.2. The lowest BCUT2D eigenvalue weighted by Gasteiger charge is -2.16. The number of thioether (sulfide) groups is 1. The Bertz CT molecular complexity index is 1150. The number of methoxy groups -OCH3 is 2. The van der Waals surface area contributed by atoms with E-state index in [4.69, 9.17) is 24.1 Å². The Balaban J connectivity index is 1.78. The Morgan fingerprint density at radius 3 is 2.60 bits per heavy atom. The summed E-state index contributed by atoms with van der Waals surface area (Å²) in [7, 11) is 3.16. The molecule has 1 atom stereocenters. The molecule has 3 rings (SSSR count). The van der Waals surface area contributed by atoms with Gasteiger partial charge in [0.25, 0.3) is 5.91 Å². The molecule has 0 aliphatic heterocycles. The van der Waals surface area contributed by atoms with Crippen molar-refractivity contribution in [3.8, 4) is 23.0 Å². The molecule has 1 aromatic heterocycles. The predicted octanol–water partition coefficient (Wildman–Crippen LogP) is 5.18. The molecule has 0 saturated carbocycles. The molecule has 0 saturated heterocycles. The summed E-state index contributed by atoms with van der Waals surface area (Å²) in [6.45, 7) is 2.24. The number of anilines is 1. The van der Waals surface area contributed by atoms with E-state index < -0.39 is 5.97 Å². The lowest BCUT2D eigenvalue weighted by molar-refractivity contribution is -0.136. The summed E-state index contributed by atoms with van der Waals surface area (Å²) in [6.07, 6.45) is 1.41. The molecule has 2 aromatic carbocycles. The normalized spacial score (nSPS) is 11.5. The number of carbonyl (C=O) groups excluding carboxylic acids is 1. The van der Waals surface area contributed by atoms with Crippen molar-refractivity contribution in [2.24, 2.45) is 0 Å². The Morgan fingerprint density at radius 2 is 1.86 bits per heavy atom. The van der Waals surface area contributed by atoms with E-state index in [1.165, 1.54) is 23.1 Å². The lowest BCUT2D eigenvalue weighted by Crippen LogP contribution is -2.18. The van der Waals surface area contributed by atoms with E-state index in [1.54, 1.807) is 62.9 Å². The van der Waals surface area contributed by atoms with Crippen LogP contribution in [-0.2, 0) is 9.53 Å². The van der Waals surface area contributed by atoms with Crippen LogP contribution in [0.1, 0.15) is 23.7 Å². The van der Waals surface area contributed by atoms with Gasteiger partial charge in [0, 0.05) is 30.6 Å². The fourth-order valence-electron chi connectivity index (χ4n) is 2.92. The number of carbonyl (C=O) groups is 2. The summed E-state index contributed by atoms with van der Waals surface area (Å²) in [5, 5.41) is 12.0. The number of hydrogen-bond donors (Lipinski definition) is 2. The SMILES string of the molecule is COC[C@H](C)Oc1cc(Oc2cccc(OC)c2)cc(C(=O)Nc2ncc(SCCC(=O)O)s2)c1. The van der Waals surface area contributed by atoms with Gasteiger partial charge in [0.1, 0.15) is 29.1 Å². The number of aromatic nitrogens is 1. The molecule has 186 valence electrons. The van der Waals surface area contributed by atoms with Crippen molar-refractivity contribution in [3.05, 3.63) is 54.2 Å². The number of hydrogen-bond acceptors (Lipinski definition) is 9. The molecule has 0 unspecified atom stereocenters. The summed E-state index contributed by atoms with van der Waals surface area (Å²) >= 11 is 2.65. The zero-order valence-electron chi connectivity index (χ0n) is 19.5. The minimum atomic E-state index is -0.857. The second-order valence-electron chi connectivity index (χ2n) is 7.29. The van der Waals surface area contributed by atoms with Crippen molar-refractivity contribution in [3.63, 3.8) is 0 Å². The number of ether oxygens (including phenoxy) is 4. The average Bonchev–Trinajstić information content (AvgIpc) is 3.26. The van der Waals surface area contributed by atoms with Crippen LogP contribution in [0.4, 0.5) is 5.13 Å². The van der Waals surface area contributed by atoms with Crippen LogP contribution in [0.15, 0.2) is 52.9 Å². The van der Waals surface area contributed by atoms with Crippen LogP contribution in [0.3, 0.4) is 0 Å². The van der Waals surface area contributed by atoms with Crippen LogP contribution in [0.5, 0.6) is 23.0 Å². The van der Waals surface area contributed by atoms with Crippen molar-refractivity contribution in [1.29, 1.82) is 0 Å². The molecular formula is C24H26N2O7S2. The zero-order valence-corrected chi connectivity index (χ0v) is 21.1. The minimum Gasteiger partial charge on any atom is -0.497 e. The minimum absolute atomic E-state index is 0.0502. The third kappa shape index (κ3) is 8.46. The van der Waals surface area contributed by atoms with E-state index in [9.17, 15) is 9.59 Å². The highest BCUT2D eigenvalue weighted by atomic mass is 32.2. The molecule has 0 aliphatic carbocycles. The van der Waals surface area contributed by atoms with Crippen molar-refractivity contribution in [2.75, 3.05) is 31.9 Å². The van der Waals surface area contributed by atoms with Gasteiger partial charge in [0.05, 0.1) is 30.5 Å². The van der Waals surface area contributed by atoms with Crippen LogP contribution in [0.2, 0.25) is 0 Å². The molecule has 2 N–H and O–H groups in total. The molecule has 35 heavy (non-hydrogen) atoms. The molecular weight excluding hydrogens is 492 g/mol. The van der Waals surface area contributed by atoms with Crippen molar-refractivity contribution in [2.45, 2.75) is 23.7 Å². The Morgan fingerprint density at radius 1 is 1.11 bits per heavy atom. The maximum Gasteiger partial charge on any atom is 0.304 e. The summed E-state index contributed by atoms with van der Waals surface area (Å²) in [4.78, 5) is 27.9. The smallest absolute Gasteiger partial charge is 0.304 e. The maximum absolute atomic E-state index is 13.0. The maximum atomic E-state index is 13.0. The van der Waals surface area contributed by atoms with Gasteiger partial charge < -0.3 is 24.1 Å². The second kappa shape index (κ2) is 13.0. The van der Waals surface area contributed by atoms with E-state index in [2.05, 4.69) is 10.3 Å². The highest BCUT2D eigenvalue weighted by Gasteiger charge is 2.15. The number of carboxylic acid groups (broad SMARTS) is 1. The van der Waals surface area contributed by atoms with Gasteiger partial charge in [-0.3, -0.25) is 14.9 Å². The van der Waals surface area contributed by atoms with Crippen LogP contribution in [0.25, 0.3) is 0 Å². The number of carboxylic acids is 1. The quantitative estimate of drug-likeness (QED) is 0.295. The molecule has 3 aromatic rings. The first-order valence-corrected chi connectivity index (χ1v) is 12.4. The molecule has 1 amide bonds. The van der Waals surface area contributed by atoms with Crippen molar-refractivity contribution < 1.29 is 33.6 Å². The average molecular weight is 519 g/mol. The molecule has 0 fully saturated rings. The first kappa shape index (κ1) is 26.3. The molecule has 0 bridgehead atoms. The topological polar surface area (TPSA) is 116 Å². The molecule has 0 radical (unpaired) electrons. The highest BCUT2D eigenvalue weighted by molar-refractivity contribution is 8.01. The molecule has 11 heteroatoms. The number of aliphatic carboxylic acids is 1. The van der Waals surface area contributed by atoms with Gasteiger partial charge in [-0.05, 0) is 31.2 Å². The Hall–Kier alpha value is -3.28. The van der Waals surface area contributed by atoms with E-state index in [0.717, 1.165) is 4.21 Å². The summed E-state index contributed by atoms with van der Waals surface area (Å²) < 4.78 is 23.1. The summed E-state index contributed by atoms with van der Waals surface area (Å²) in [5.74, 6) is 1.22. The highest BCUT2D eigenvalue weighted by Crippen LogP contribution is 2.32. The van der Waals surface area contributed by atoms with Crippen molar-refractivity contribution >= 4 is 40.1 Å². The number of benzene rings is 2. The first-order chi connectivity index (χ1) is 16.9. The molecule has 0 aliphatic rings. The van der Waals surface area contributed by atoms with E-state index >= 15 is 0 Å². The van der Waals surface area contributed by atoms with Gasteiger partial charge in [-0.2, -0.15) is 0 Å². The Kier molecular flexibility index (Phi) is 9.76. The van der Waals surface area contributed by atoms with Gasteiger partial charge in [-0.15, -0.1) is 11.8 Å². The van der Waals surface area contributed by atoms with Crippen LogP contribution in [-0.4, -0.2) is 54.7 Å². The van der Waals surface area contributed by atoms with Gasteiger partial charge in [0.15, 0.2) is 5.13 Å². The summed E-state index contributed by atoms with van der Waals surface area (Å²) in [5.41, 5.74) is 0.320. The van der Waals surface area contributed by atoms with Crippen LogP contribution in [0, 0.1) is 0 Å². The number of nitrogens with one attached hydrogen (secondary N) is 1. The molecule has 1 heterocycles.